The molecule has 1 heterocycles. The quantitative estimate of drug-likeness (QED) is 0.856. The van der Waals surface area contributed by atoms with Crippen molar-refractivity contribution in [3.63, 3.8) is 0 Å². The van der Waals surface area contributed by atoms with Crippen LogP contribution in [0.25, 0.3) is 0 Å². The summed E-state index contributed by atoms with van der Waals surface area (Å²) in [6.07, 6.45) is 5.48. The minimum absolute atomic E-state index is 0.0494. The fraction of sp³-hybridized carbons (Fsp3) is 0.692. The van der Waals surface area contributed by atoms with E-state index >= 15 is 0 Å². The van der Waals surface area contributed by atoms with E-state index in [4.69, 9.17) is 0 Å². The van der Waals surface area contributed by atoms with E-state index in [9.17, 15) is 4.79 Å². The monoisotopic (exact) mass is 237 g/mol. The Balaban J connectivity index is 3.00. The van der Waals surface area contributed by atoms with E-state index in [0.717, 1.165) is 12.8 Å². The lowest BCUT2D eigenvalue weighted by atomic mass is 9.99. The first-order valence-corrected chi connectivity index (χ1v) is 6.22. The van der Waals surface area contributed by atoms with Crippen molar-refractivity contribution in [2.24, 2.45) is 0 Å². The summed E-state index contributed by atoms with van der Waals surface area (Å²) in [4.78, 5) is 16.3. The lowest BCUT2D eigenvalue weighted by Gasteiger charge is -2.26. The molecule has 0 fully saturated rings. The molecule has 0 spiro atoms. The van der Waals surface area contributed by atoms with Crippen LogP contribution in [0.2, 0.25) is 0 Å². The molecule has 0 saturated carbocycles. The number of anilines is 1. The fourth-order valence-electron chi connectivity index (χ4n) is 1.93. The molecule has 1 aromatic heterocycles. The predicted octanol–water partition coefficient (Wildman–Crippen LogP) is 2.81. The summed E-state index contributed by atoms with van der Waals surface area (Å²) >= 11 is 0. The van der Waals surface area contributed by atoms with Gasteiger partial charge in [-0.05, 0) is 34.1 Å². The number of hydrogen-bond donors (Lipinski definition) is 1. The topological polar surface area (TPSA) is 46.9 Å². The van der Waals surface area contributed by atoms with Crippen molar-refractivity contribution in [3.8, 4) is 0 Å². The standard InChI is InChI=1S/C13H23N3O/c1-6-7-13(4,5)15-11-12(17)16(10(2)3)9-8-14-11/h8-10H,6-7H2,1-5H3,(H,14,15). The van der Waals surface area contributed by atoms with Gasteiger partial charge in [-0.2, -0.15) is 0 Å². The fourth-order valence-corrected chi connectivity index (χ4v) is 1.93. The minimum Gasteiger partial charge on any atom is -0.361 e. The molecule has 4 nitrogen and oxygen atoms in total. The Labute approximate surface area is 103 Å². The molecule has 96 valence electrons. The van der Waals surface area contributed by atoms with Gasteiger partial charge in [0, 0.05) is 24.0 Å². The lowest BCUT2D eigenvalue weighted by Crippen LogP contribution is -2.36. The molecule has 0 atom stereocenters. The van der Waals surface area contributed by atoms with Crippen LogP contribution in [-0.4, -0.2) is 15.1 Å². The van der Waals surface area contributed by atoms with Gasteiger partial charge in [-0.1, -0.05) is 13.3 Å². The first-order chi connectivity index (χ1) is 7.87. The van der Waals surface area contributed by atoms with Crippen molar-refractivity contribution in [2.75, 3.05) is 5.32 Å². The third kappa shape index (κ3) is 3.58. The van der Waals surface area contributed by atoms with Gasteiger partial charge in [-0.3, -0.25) is 4.79 Å². The van der Waals surface area contributed by atoms with Crippen molar-refractivity contribution in [1.82, 2.24) is 9.55 Å². The summed E-state index contributed by atoms with van der Waals surface area (Å²) in [6, 6.07) is 0.153. The van der Waals surface area contributed by atoms with Crippen LogP contribution in [-0.2, 0) is 0 Å². The van der Waals surface area contributed by atoms with Crippen molar-refractivity contribution < 1.29 is 0 Å². The number of nitrogens with one attached hydrogen (secondary N) is 1. The molecule has 0 radical (unpaired) electrons. The van der Waals surface area contributed by atoms with Crippen LogP contribution >= 0.6 is 0 Å². The van der Waals surface area contributed by atoms with Gasteiger partial charge in [0.25, 0.3) is 5.56 Å². The van der Waals surface area contributed by atoms with Gasteiger partial charge in [0.2, 0.25) is 0 Å². The van der Waals surface area contributed by atoms with E-state index in [-0.39, 0.29) is 17.1 Å². The lowest BCUT2D eigenvalue weighted by molar-refractivity contribution is 0.504. The van der Waals surface area contributed by atoms with E-state index in [0.29, 0.717) is 5.82 Å². The van der Waals surface area contributed by atoms with Gasteiger partial charge in [0.05, 0.1) is 0 Å². The summed E-state index contributed by atoms with van der Waals surface area (Å²) in [5, 5.41) is 3.24. The zero-order valence-corrected chi connectivity index (χ0v) is 11.4. The number of hydrogen-bond acceptors (Lipinski definition) is 3. The van der Waals surface area contributed by atoms with Crippen molar-refractivity contribution in [1.29, 1.82) is 0 Å². The highest BCUT2D eigenvalue weighted by atomic mass is 16.1. The maximum atomic E-state index is 12.1. The molecule has 0 aliphatic carbocycles. The predicted molar refractivity (Wildman–Crippen MR) is 71.5 cm³/mol. The Bertz CT molecular complexity index is 421. The second-order valence-corrected chi connectivity index (χ2v) is 5.34. The zero-order valence-electron chi connectivity index (χ0n) is 11.4. The van der Waals surface area contributed by atoms with Crippen molar-refractivity contribution >= 4 is 5.82 Å². The molecule has 0 aliphatic heterocycles. The van der Waals surface area contributed by atoms with Crippen LogP contribution in [0, 0.1) is 0 Å². The van der Waals surface area contributed by atoms with Gasteiger partial charge >= 0.3 is 0 Å². The zero-order chi connectivity index (χ0) is 13.1. The molecule has 1 aromatic rings. The average Bonchev–Trinajstić information content (AvgIpc) is 2.20. The summed E-state index contributed by atoms with van der Waals surface area (Å²) in [5.41, 5.74) is -0.149. The van der Waals surface area contributed by atoms with Gasteiger partial charge in [0.1, 0.15) is 0 Å². The van der Waals surface area contributed by atoms with Crippen LogP contribution in [0.5, 0.6) is 0 Å². The number of nitrogens with zero attached hydrogens (tertiary/aromatic N) is 2. The molecular formula is C13H23N3O. The summed E-state index contributed by atoms with van der Waals surface area (Å²) < 4.78 is 1.69. The van der Waals surface area contributed by atoms with Gasteiger partial charge in [-0.15, -0.1) is 0 Å². The molecular weight excluding hydrogens is 214 g/mol. The number of rotatable bonds is 5. The Morgan fingerprint density at radius 3 is 2.65 bits per heavy atom. The van der Waals surface area contributed by atoms with E-state index in [1.54, 1.807) is 17.0 Å². The molecule has 0 amide bonds. The Morgan fingerprint density at radius 1 is 1.47 bits per heavy atom. The Morgan fingerprint density at radius 2 is 2.12 bits per heavy atom. The minimum atomic E-state index is -0.100. The first kappa shape index (κ1) is 13.7. The third-order valence-electron chi connectivity index (χ3n) is 2.76. The van der Waals surface area contributed by atoms with E-state index in [1.165, 1.54) is 0 Å². The van der Waals surface area contributed by atoms with Crippen LogP contribution in [0.4, 0.5) is 5.82 Å². The smallest absolute Gasteiger partial charge is 0.293 e. The highest BCUT2D eigenvalue weighted by Crippen LogP contribution is 2.15. The largest absolute Gasteiger partial charge is 0.361 e. The molecule has 4 heteroatoms. The summed E-state index contributed by atoms with van der Waals surface area (Å²) in [7, 11) is 0. The SMILES string of the molecule is CCCC(C)(C)Nc1nccn(C(C)C)c1=O. The maximum absolute atomic E-state index is 12.1. The van der Waals surface area contributed by atoms with Gasteiger partial charge < -0.3 is 9.88 Å². The molecule has 1 N–H and O–H groups in total. The van der Waals surface area contributed by atoms with Gasteiger partial charge in [-0.25, -0.2) is 4.98 Å². The molecule has 0 aliphatic rings. The second-order valence-electron chi connectivity index (χ2n) is 5.34. The van der Waals surface area contributed by atoms with Crippen molar-refractivity contribution in [2.45, 2.75) is 59.0 Å². The number of aromatic nitrogens is 2. The molecule has 1 rings (SSSR count). The Kier molecular flexibility index (Phi) is 4.32. The first-order valence-electron chi connectivity index (χ1n) is 6.22. The molecule has 0 unspecified atom stereocenters. The van der Waals surface area contributed by atoms with Crippen LogP contribution < -0.4 is 10.9 Å². The third-order valence-corrected chi connectivity index (χ3v) is 2.76. The average molecular weight is 237 g/mol. The van der Waals surface area contributed by atoms with Crippen LogP contribution in [0.15, 0.2) is 17.2 Å². The van der Waals surface area contributed by atoms with Crippen LogP contribution in [0.1, 0.15) is 53.5 Å². The Hall–Kier alpha value is -1.32. The van der Waals surface area contributed by atoms with E-state index < -0.39 is 0 Å². The summed E-state index contributed by atoms with van der Waals surface area (Å²) in [5.74, 6) is 0.444. The second kappa shape index (κ2) is 5.34. The van der Waals surface area contributed by atoms with Gasteiger partial charge in [0.15, 0.2) is 5.82 Å². The molecule has 0 bridgehead atoms. The highest BCUT2D eigenvalue weighted by Gasteiger charge is 2.19. The van der Waals surface area contributed by atoms with E-state index in [1.807, 2.05) is 13.8 Å². The van der Waals surface area contributed by atoms with Crippen LogP contribution in [0.3, 0.4) is 0 Å². The molecule has 17 heavy (non-hydrogen) atoms. The van der Waals surface area contributed by atoms with Crippen molar-refractivity contribution in [3.05, 3.63) is 22.7 Å². The highest BCUT2D eigenvalue weighted by molar-refractivity contribution is 5.34. The molecule has 0 saturated heterocycles. The maximum Gasteiger partial charge on any atom is 0.293 e. The van der Waals surface area contributed by atoms with E-state index in [2.05, 4.69) is 31.1 Å². The normalized spacial score (nSPS) is 11.9. The summed E-state index contributed by atoms with van der Waals surface area (Å²) in [6.45, 7) is 10.3. The molecule has 0 aromatic carbocycles.